The molecule has 0 unspecified atom stereocenters. The monoisotopic (exact) mass is 490 g/mol. The number of nitrogens with two attached hydrogens (primary N) is 1. The smallest absolute Gasteiger partial charge is 0.260 e. The molecule has 3 atom stereocenters. The van der Waals surface area contributed by atoms with Crippen LogP contribution < -0.4 is 15.5 Å². The van der Waals surface area contributed by atoms with Crippen molar-refractivity contribution in [3.05, 3.63) is 46.9 Å². The van der Waals surface area contributed by atoms with Crippen LogP contribution in [0.15, 0.2) is 24.3 Å². The number of hydrogen-bond donors (Lipinski definition) is 1. The highest BCUT2D eigenvalue weighted by Crippen LogP contribution is 2.37. The molecule has 0 radical (unpaired) electrons. The molecule has 9 nitrogen and oxygen atoms in total. The molecule has 0 bridgehead atoms. The summed E-state index contributed by atoms with van der Waals surface area (Å²) in [4.78, 5) is 27.4. The molecule has 3 aliphatic rings. The second-order valence-electron chi connectivity index (χ2n) is 10.0. The van der Waals surface area contributed by atoms with E-state index in [-0.39, 0.29) is 18.0 Å². The van der Waals surface area contributed by atoms with Crippen molar-refractivity contribution in [3.8, 4) is 11.5 Å². The molecule has 2 N–H and O–H groups in total. The number of alkyl halides is 1. The van der Waals surface area contributed by atoms with Gasteiger partial charge in [0.1, 0.15) is 29.8 Å². The van der Waals surface area contributed by atoms with E-state index in [0.717, 1.165) is 48.7 Å². The lowest BCUT2D eigenvalue weighted by Crippen LogP contribution is -2.28. The molecule has 10 heteroatoms. The van der Waals surface area contributed by atoms with Crippen LogP contribution in [0.4, 0.5) is 16.0 Å². The highest BCUT2D eigenvalue weighted by atomic mass is 19.1. The van der Waals surface area contributed by atoms with Crippen LogP contribution in [0.25, 0.3) is 11.5 Å². The topological polar surface area (TPSA) is 106 Å². The molecule has 0 spiro atoms. The molecule has 0 saturated carbocycles. The molecule has 3 aromatic rings. The van der Waals surface area contributed by atoms with E-state index < -0.39 is 6.67 Å². The Morgan fingerprint density at radius 3 is 2.81 bits per heavy atom. The number of pyridine rings is 2. The Balaban J connectivity index is 1.37. The number of halogens is 1. The zero-order valence-electron chi connectivity index (χ0n) is 20.7. The zero-order chi connectivity index (χ0) is 25.0. The van der Waals surface area contributed by atoms with Crippen molar-refractivity contribution < 1.29 is 9.18 Å². The molecule has 1 saturated heterocycles. The van der Waals surface area contributed by atoms with Crippen LogP contribution >= 0.6 is 0 Å². The van der Waals surface area contributed by atoms with Gasteiger partial charge in [-0.3, -0.25) is 9.69 Å². The molecule has 6 heterocycles. The first-order valence-electron chi connectivity index (χ1n) is 12.8. The molecule has 0 aromatic carbocycles. The summed E-state index contributed by atoms with van der Waals surface area (Å²) >= 11 is 0. The average molecular weight is 491 g/mol. The summed E-state index contributed by atoms with van der Waals surface area (Å²) < 4.78 is 15.5. The number of carbonyl (C=O) groups excluding carboxylic acids is 1. The summed E-state index contributed by atoms with van der Waals surface area (Å²) in [5.74, 6) is 2.55. The molecule has 0 aliphatic carbocycles. The third-order valence-electron chi connectivity index (χ3n) is 7.82. The molecular weight excluding hydrogens is 459 g/mol. The van der Waals surface area contributed by atoms with E-state index in [1.54, 1.807) is 4.90 Å². The highest BCUT2D eigenvalue weighted by Gasteiger charge is 2.36. The van der Waals surface area contributed by atoms with E-state index in [1.165, 1.54) is 0 Å². The van der Waals surface area contributed by atoms with E-state index in [2.05, 4.69) is 22.0 Å². The van der Waals surface area contributed by atoms with Gasteiger partial charge in [-0.1, -0.05) is 13.0 Å². The average Bonchev–Trinajstić information content (AvgIpc) is 3.67. The van der Waals surface area contributed by atoms with Crippen LogP contribution in [0, 0.1) is 0 Å². The van der Waals surface area contributed by atoms with Crippen LogP contribution in [-0.4, -0.2) is 49.9 Å². The molecular formula is C26H31FN8O. The second-order valence-corrected chi connectivity index (χ2v) is 10.0. The van der Waals surface area contributed by atoms with Gasteiger partial charge in [-0.25, -0.2) is 14.4 Å². The van der Waals surface area contributed by atoms with E-state index in [1.807, 2.05) is 35.8 Å². The summed E-state index contributed by atoms with van der Waals surface area (Å²) in [5.41, 5.74) is 9.37. The number of amides is 1. The number of aromatic nitrogens is 5. The first-order valence-corrected chi connectivity index (χ1v) is 12.8. The largest absolute Gasteiger partial charge is 0.354 e. The number of fused-ring (bicyclic) bond motifs is 2. The molecule has 188 valence electrons. The van der Waals surface area contributed by atoms with Gasteiger partial charge in [0.05, 0.1) is 23.8 Å². The van der Waals surface area contributed by atoms with Gasteiger partial charge in [-0.2, -0.15) is 0 Å². The summed E-state index contributed by atoms with van der Waals surface area (Å²) in [5, 5.41) is 8.53. The third kappa shape index (κ3) is 3.57. The maximum absolute atomic E-state index is 13.7. The quantitative estimate of drug-likeness (QED) is 0.561. The van der Waals surface area contributed by atoms with Crippen LogP contribution in [-0.2, 0) is 13.0 Å². The zero-order valence-corrected chi connectivity index (χ0v) is 20.7. The predicted molar refractivity (Wildman–Crippen MR) is 135 cm³/mol. The van der Waals surface area contributed by atoms with Gasteiger partial charge in [-0.05, 0) is 50.8 Å². The minimum absolute atomic E-state index is 0.109. The van der Waals surface area contributed by atoms with Crippen molar-refractivity contribution in [1.29, 1.82) is 0 Å². The normalized spacial score (nSPS) is 21.8. The summed E-state index contributed by atoms with van der Waals surface area (Å²) in [6.07, 6.45) is 4.36. The summed E-state index contributed by atoms with van der Waals surface area (Å²) in [7, 11) is 0. The maximum Gasteiger partial charge on any atom is 0.260 e. The minimum atomic E-state index is -0.469. The number of hydrogen-bond acceptors (Lipinski definition) is 7. The molecule has 3 aromatic heterocycles. The van der Waals surface area contributed by atoms with E-state index in [0.29, 0.717) is 48.3 Å². The first-order chi connectivity index (χ1) is 17.5. The summed E-state index contributed by atoms with van der Waals surface area (Å²) in [6, 6.07) is 7.27. The van der Waals surface area contributed by atoms with Crippen molar-refractivity contribution in [2.75, 3.05) is 23.0 Å². The fraction of sp³-hybridized carbons (Fsp3) is 0.500. The van der Waals surface area contributed by atoms with Gasteiger partial charge in [-0.15, -0.1) is 10.2 Å². The van der Waals surface area contributed by atoms with Gasteiger partial charge in [0, 0.05) is 30.6 Å². The number of anilines is 2. The molecule has 6 rings (SSSR count). The first kappa shape index (κ1) is 23.0. The molecule has 36 heavy (non-hydrogen) atoms. The Kier molecular flexibility index (Phi) is 5.70. The number of rotatable bonds is 6. The third-order valence-corrected chi connectivity index (χ3v) is 7.82. The molecule has 3 aliphatic heterocycles. The molecule has 1 fully saturated rings. The number of aryl methyl sites for hydroxylation is 1. The lowest BCUT2D eigenvalue weighted by Gasteiger charge is -2.25. The lowest BCUT2D eigenvalue weighted by atomic mass is 10.0. The Labute approximate surface area is 209 Å². The van der Waals surface area contributed by atoms with E-state index >= 15 is 0 Å². The summed E-state index contributed by atoms with van der Waals surface area (Å²) in [6.45, 7) is 5.05. The van der Waals surface area contributed by atoms with Crippen molar-refractivity contribution in [3.63, 3.8) is 0 Å². The fourth-order valence-electron chi connectivity index (χ4n) is 5.74. The van der Waals surface area contributed by atoms with Gasteiger partial charge in [0.2, 0.25) is 0 Å². The standard InChI is InChI=1S/C26H31FN8O/c1-3-19(28)24-18-14-34(26(36)17(18)12-23(30-24)33-11-5-6-15(33)2)21-8-4-7-20(29-21)25-32-31-22-10-9-16(13-27)35(22)25/h4,7-8,12,15-16,19H,3,5-6,9-11,13-14,28H2,1-2H3/t15-,16-,19-/m1/s1. The Morgan fingerprint density at radius 2 is 2.06 bits per heavy atom. The number of nitrogens with zero attached hydrogens (tertiary/aromatic N) is 7. The second kappa shape index (κ2) is 8.92. The Morgan fingerprint density at radius 1 is 1.19 bits per heavy atom. The van der Waals surface area contributed by atoms with Crippen molar-refractivity contribution in [1.82, 2.24) is 24.7 Å². The molecule has 1 amide bonds. The Hall–Kier alpha value is -3.40. The van der Waals surface area contributed by atoms with Gasteiger partial charge >= 0.3 is 0 Å². The SMILES string of the molecule is CC[C@@H](N)c1nc(N2CCC[C@H]2C)cc2c1CN(c1cccc(-c3nnc4n3[C@@H](CF)CC4)n1)C2=O. The minimum Gasteiger partial charge on any atom is -0.354 e. The van der Waals surface area contributed by atoms with Crippen molar-refractivity contribution >= 4 is 17.5 Å². The van der Waals surface area contributed by atoms with Crippen LogP contribution in [0.1, 0.15) is 79.1 Å². The van der Waals surface area contributed by atoms with E-state index in [9.17, 15) is 9.18 Å². The van der Waals surface area contributed by atoms with Crippen LogP contribution in [0.5, 0.6) is 0 Å². The van der Waals surface area contributed by atoms with Gasteiger partial charge < -0.3 is 15.2 Å². The predicted octanol–water partition coefficient (Wildman–Crippen LogP) is 3.75. The van der Waals surface area contributed by atoms with Crippen LogP contribution in [0.3, 0.4) is 0 Å². The lowest BCUT2D eigenvalue weighted by molar-refractivity contribution is 0.0996. The van der Waals surface area contributed by atoms with E-state index in [4.69, 9.17) is 15.7 Å². The fourth-order valence-corrected chi connectivity index (χ4v) is 5.74. The van der Waals surface area contributed by atoms with Gasteiger partial charge in [0.25, 0.3) is 5.91 Å². The van der Waals surface area contributed by atoms with Gasteiger partial charge in [0.15, 0.2) is 5.82 Å². The number of carbonyl (C=O) groups is 1. The van der Waals surface area contributed by atoms with Crippen molar-refractivity contribution in [2.24, 2.45) is 5.73 Å². The maximum atomic E-state index is 13.7. The van der Waals surface area contributed by atoms with Crippen molar-refractivity contribution in [2.45, 2.75) is 70.6 Å². The Bertz CT molecular complexity index is 1320. The van der Waals surface area contributed by atoms with Crippen LogP contribution in [0.2, 0.25) is 0 Å². The highest BCUT2D eigenvalue weighted by molar-refractivity contribution is 6.10.